The lowest BCUT2D eigenvalue weighted by molar-refractivity contribution is -0.870. The third-order valence-corrected chi connectivity index (χ3v) is 20.0. The molecule has 2 N–H and O–H groups in total. The molecular formula is C83H162N2O7P+. The molecule has 93 heavy (non-hydrogen) atoms. The minimum absolute atomic E-state index is 0.0441. The number of phosphoric acid groups is 1. The smallest absolute Gasteiger partial charge is 0.456 e. The van der Waals surface area contributed by atoms with E-state index in [0.717, 1.165) is 57.8 Å². The second kappa shape index (κ2) is 73.0. The van der Waals surface area contributed by atoms with E-state index in [9.17, 15) is 19.0 Å². The van der Waals surface area contributed by atoms with Crippen LogP contribution in [0.3, 0.4) is 0 Å². The van der Waals surface area contributed by atoms with Gasteiger partial charge in [-0.2, -0.15) is 0 Å². The Balaban J connectivity index is 4.88. The number of unbranched alkanes of at least 4 members (excludes halogenated alkanes) is 57. The van der Waals surface area contributed by atoms with E-state index in [1.807, 2.05) is 27.2 Å². The van der Waals surface area contributed by atoms with E-state index in [2.05, 4.69) is 56.5 Å². The van der Waals surface area contributed by atoms with Gasteiger partial charge in [0.25, 0.3) is 0 Å². The fourth-order valence-corrected chi connectivity index (χ4v) is 13.4. The maximum atomic E-state index is 13.7. The molecule has 0 saturated heterocycles. The van der Waals surface area contributed by atoms with E-state index in [-0.39, 0.29) is 25.1 Å². The van der Waals surface area contributed by atoms with Crippen LogP contribution < -0.4 is 5.32 Å². The Morgan fingerprint density at radius 3 is 0.914 bits per heavy atom. The number of carbonyl (C=O) groups is 2. The summed E-state index contributed by atoms with van der Waals surface area (Å²) in [6.45, 7) is 7.09. The maximum Gasteiger partial charge on any atom is 0.472 e. The number of hydrogen-bond donors (Lipinski definition) is 2. The number of ether oxygens (including phenoxy) is 1. The number of nitrogens with zero attached hydrogens (tertiary/aromatic N) is 1. The lowest BCUT2D eigenvalue weighted by atomic mass is 10.0. The molecule has 1 amide bonds. The first-order valence-corrected chi connectivity index (χ1v) is 42.8. The van der Waals surface area contributed by atoms with E-state index in [0.29, 0.717) is 23.9 Å². The van der Waals surface area contributed by atoms with E-state index < -0.39 is 20.0 Å². The summed E-state index contributed by atoms with van der Waals surface area (Å²) >= 11 is 0. The molecule has 550 valence electrons. The molecule has 0 bridgehead atoms. The van der Waals surface area contributed by atoms with Crippen molar-refractivity contribution in [3.8, 4) is 0 Å². The number of likely N-dealkylation sites (N-methyl/N-ethyl adjacent to an activating group) is 1. The number of rotatable bonds is 77. The number of carbonyl (C=O) groups excluding carboxylic acids is 2. The van der Waals surface area contributed by atoms with Crippen LogP contribution in [0, 0.1) is 0 Å². The molecule has 0 saturated carbocycles. The predicted molar refractivity (Wildman–Crippen MR) is 406 cm³/mol. The third-order valence-electron chi connectivity index (χ3n) is 19.1. The topological polar surface area (TPSA) is 111 Å². The molecule has 0 aromatic carbocycles. The van der Waals surface area contributed by atoms with Crippen LogP contribution in [-0.2, 0) is 27.9 Å². The summed E-state index contributed by atoms with van der Waals surface area (Å²) in [4.78, 5) is 38.1. The van der Waals surface area contributed by atoms with Gasteiger partial charge in [0, 0.05) is 12.8 Å². The SMILES string of the molecule is CCCCCCCC/C=C/CCCCCCCCCCCCCCCCCCCC(=O)NC(COP(=O)(O)OCC[N+](C)(C)C)C(/C=C/CCCCCCCCCCCCC)OC(=O)CCCCCCCCCCCCCCCCCCC/C=C/CCCCCCCC. The van der Waals surface area contributed by atoms with Crippen LogP contribution >= 0.6 is 7.82 Å². The molecule has 0 radical (unpaired) electrons. The van der Waals surface area contributed by atoms with Gasteiger partial charge in [-0.3, -0.25) is 18.6 Å². The molecule has 0 aliphatic carbocycles. The van der Waals surface area contributed by atoms with Crippen LogP contribution in [0.2, 0.25) is 0 Å². The van der Waals surface area contributed by atoms with E-state index in [1.165, 1.54) is 340 Å². The van der Waals surface area contributed by atoms with Gasteiger partial charge < -0.3 is 19.4 Å². The maximum absolute atomic E-state index is 13.7. The van der Waals surface area contributed by atoms with Gasteiger partial charge in [0.2, 0.25) is 5.91 Å². The summed E-state index contributed by atoms with van der Waals surface area (Å²) in [5, 5.41) is 3.09. The zero-order valence-corrected chi connectivity index (χ0v) is 64.2. The number of nitrogens with one attached hydrogen (secondary N) is 1. The van der Waals surface area contributed by atoms with E-state index in [1.54, 1.807) is 0 Å². The van der Waals surface area contributed by atoms with Crippen molar-refractivity contribution < 1.29 is 37.3 Å². The molecule has 10 heteroatoms. The van der Waals surface area contributed by atoms with Gasteiger partial charge in [-0.05, 0) is 83.1 Å². The first-order chi connectivity index (χ1) is 45.4. The van der Waals surface area contributed by atoms with E-state index >= 15 is 0 Å². The van der Waals surface area contributed by atoms with Crippen LogP contribution in [0.25, 0.3) is 0 Å². The summed E-state index contributed by atoms with van der Waals surface area (Å²) in [6, 6.07) is -0.846. The number of phosphoric ester groups is 1. The van der Waals surface area contributed by atoms with Crippen molar-refractivity contribution in [1.29, 1.82) is 0 Å². The number of allylic oxidation sites excluding steroid dienone is 5. The molecule has 0 aromatic heterocycles. The number of quaternary nitrogens is 1. The third kappa shape index (κ3) is 74.3. The number of amides is 1. The van der Waals surface area contributed by atoms with Gasteiger partial charge in [0.1, 0.15) is 19.3 Å². The van der Waals surface area contributed by atoms with Crippen molar-refractivity contribution in [2.75, 3.05) is 40.9 Å². The highest BCUT2D eigenvalue weighted by Gasteiger charge is 2.30. The van der Waals surface area contributed by atoms with Crippen molar-refractivity contribution >= 4 is 19.7 Å². The zero-order valence-electron chi connectivity index (χ0n) is 63.3. The average molecular weight is 1330 g/mol. The summed E-state index contributed by atoms with van der Waals surface area (Å²) in [7, 11) is 1.52. The predicted octanol–water partition coefficient (Wildman–Crippen LogP) is 26.9. The standard InChI is InChI=1S/C83H161N2O7P/c1-7-10-13-16-19-22-25-28-30-32-34-36-38-40-42-44-46-48-50-52-54-57-60-63-66-69-72-75-82(86)84-80(79-91-93(88,89)90-78-77-85(4,5)6)81(74-71-68-65-62-59-56-27-24-21-18-15-12-9-3)92-83(87)76-73-70-67-64-61-58-55-53-51-49-47-45-43-41-39-37-35-33-31-29-26-23-20-17-14-11-8-2/h28-31,71,74,80-81H,7-27,32-70,72-73,75-79H2,1-6H3,(H-,84,86,88,89)/p+1/b30-28+,31-29+,74-71+. The van der Waals surface area contributed by atoms with Crippen molar-refractivity contribution in [2.24, 2.45) is 0 Å². The fraction of sp³-hybridized carbons (Fsp3) is 0.904. The quantitative estimate of drug-likeness (QED) is 0.0205. The molecule has 9 nitrogen and oxygen atoms in total. The Bertz CT molecular complexity index is 1680. The first-order valence-electron chi connectivity index (χ1n) is 41.3. The fourth-order valence-electron chi connectivity index (χ4n) is 12.7. The summed E-state index contributed by atoms with van der Waals surface area (Å²) in [6.07, 6.45) is 93.3. The Morgan fingerprint density at radius 2 is 0.624 bits per heavy atom. The molecule has 0 aliphatic heterocycles. The lowest BCUT2D eigenvalue weighted by Gasteiger charge is -2.27. The average Bonchev–Trinajstić information content (AvgIpc) is 2.31. The van der Waals surface area contributed by atoms with Gasteiger partial charge in [0.15, 0.2) is 0 Å². The van der Waals surface area contributed by atoms with Crippen LogP contribution in [-0.4, -0.2) is 74.3 Å². The molecule has 0 rings (SSSR count). The van der Waals surface area contributed by atoms with E-state index in [4.69, 9.17) is 13.8 Å². The van der Waals surface area contributed by atoms with Crippen LogP contribution in [0.4, 0.5) is 0 Å². The number of esters is 1. The Morgan fingerprint density at radius 1 is 0.366 bits per heavy atom. The Kier molecular flexibility index (Phi) is 71.6. The van der Waals surface area contributed by atoms with Gasteiger partial charge >= 0.3 is 13.8 Å². The summed E-state index contributed by atoms with van der Waals surface area (Å²) in [5.41, 5.74) is 0. The van der Waals surface area contributed by atoms with Crippen molar-refractivity contribution in [2.45, 2.75) is 444 Å². The number of hydrogen-bond acceptors (Lipinski definition) is 6. The van der Waals surface area contributed by atoms with Crippen molar-refractivity contribution in [3.63, 3.8) is 0 Å². The minimum Gasteiger partial charge on any atom is -0.456 e. The normalized spacial score (nSPS) is 13.5. The Hall–Kier alpha value is -1.77. The highest BCUT2D eigenvalue weighted by atomic mass is 31.2. The molecule has 0 aromatic rings. The summed E-state index contributed by atoms with van der Waals surface area (Å²) in [5.74, 6) is -0.477. The molecule has 0 spiro atoms. The molecule has 3 atom stereocenters. The van der Waals surface area contributed by atoms with Gasteiger partial charge in [-0.25, -0.2) is 4.57 Å². The van der Waals surface area contributed by atoms with Crippen molar-refractivity contribution in [3.05, 3.63) is 36.5 Å². The van der Waals surface area contributed by atoms with Gasteiger partial charge in [-0.15, -0.1) is 0 Å². The zero-order chi connectivity index (χ0) is 67.8. The molecule has 0 heterocycles. The van der Waals surface area contributed by atoms with Crippen LogP contribution in [0.5, 0.6) is 0 Å². The molecular weight excluding hydrogens is 1170 g/mol. The molecule has 3 unspecified atom stereocenters. The molecule has 0 fully saturated rings. The Labute approximate surface area is 580 Å². The minimum atomic E-state index is -4.46. The summed E-state index contributed by atoms with van der Waals surface area (Å²) < 4.78 is 31.0. The monoisotopic (exact) mass is 1330 g/mol. The highest BCUT2D eigenvalue weighted by molar-refractivity contribution is 7.47. The second-order valence-electron chi connectivity index (χ2n) is 29.6. The first kappa shape index (κ1) is 91.2. The van der Waals surface area contributed by atoms with Gasteiger partial charge in [0.05, 0.1) is 33.8 Å². The largest absolute Gasteiger partial charge is 0.472 e. The second-order valence-corrected chi connectivity index (χ2v) is 31.1. The lowest BCUT2D eigenvalue weighted by Crippen LogP contribution is -2.47. The highest BCUT2D eigenvalue weighted by Crippen LogP contribution is 2.43. The molecule has 0 aliphatic rings. The van der Waals surface area contributed by atoms with Crippen LogP contribution in [0.1, 0.15) is 432 Å². The van der Waals surface area contributed by atoms with Gasteiger partial charge in [-0.1, -0.05) is 372 Å². The van der Waals surface area contributed by atoms with Crippen LogP contribution in [0.15, 0.2) is 36.5 Å². The van der Waals surface area contributed by atoms with Crippen molar-refractivity contribution in [1.82, 2.24) is 5.32 Å².